The minimum absolute atomic E-state index is 0.0733. The van der Waals surface area contributed by atoms with Gasteiger partial charge in [-0.25, -0.2) is 4.21 Å². The molecule has 7 nitrogen and oxygen atoms in total. The summed E-state index contributed by atoms with van der Waals surface area (Å²) in [4.78, 5) is 15.6. The zero-order valence-electron chi connectivity index (χ0n) is 15.8. The van der Waals surface area contributed by atoms with Crippen LogP contribution < -0.4 is 4.74 Å². The Balaban J connectivity index is 1.76. The number of methoxy groups -OCH3 is 1. The van der Waals surface area contributed by atoms with Crippen LogP contribution in [-0.4, -0.2) is 33.6 Å². The second-order valence-electron chi connectivity index (χ2n) is 6.35. The molecule has 1 amide bonds. The van der Waals surface area contributed by atoms with Crippen LogP contribution in [0.5, 0.6) is 5.75 Å². The predicted molar refractivity (Wildman–Crippen MR) is 102 cm³/mol. The number of halogens is 3. The Labute approximate surface area is 170 Å². The molecular formula is C19H16F3N3O4S. The molecule has 2 aromatic carbocycles. The smallest absolute Gasteiger partial charge is 0.471 e. The molecule has 1 heterocycles. The topological polar surface area (TPSA) is 94.7 Å². The van der Waals surface area contributed by atoms with Gasteiger partial charge in [-0.1, -0.05) is 29.4 Å². The van der Waals surface area contributed by atoms with E-state index in [1.165, 1.54) is 37.6 Å². The van der Waals surface area contributed by atoms with Crippen molar-refractivity contribution < 1.29 is 31.4 Å². The molecule has 1 aromatic heterocycles. The van der Waals surface area contributed by atoms with E-state index < -0.39 is 27.7 Å². The monoisotopic (exact) mass is 439 g/mol. The molecule has 0 bridgehead atoms. The van der Waals surface area contributed by atoms with Crippen LogP contribution >= 0.6 is 0 Å². The van der Waals surface area contributed by atoms with Gasteiger partial charge in [0.1, 0.15) is 5.75 Å². The van der Waals surface area contributed by atoms with E-state index in [9.17, 15) is 22.2 Å². The summed E-state index contributed by atoms with van der Waals surface area (Å²) in [6.45, 7) is 0. The molecule has 1 atom stereocenters. The minimum atomic E-state index is -4.74. The Morgan fingerprint density at radius 2 is 1.77 bits per heavy atom. The highest BCUT2D eigenvalue weighted by atomic mass is 32.2. The van der Waals surface area contributed by atoms with E-state index in [4.69, 9.17) is 4.74 Å². The van der Waals surface area contributed by atoms with Crippen molar-refractivity contribution in [3.05, 3.63) is 65.5 Å². The van der Waals surface area contributed by atoms with Gasteiger partial charge >= 0.3 is 12.1 Å². The Morgan fingerprint density at radius 3 is 2.30 bits per heavy atom. The van der Waals surface area contributed by atoms with E-state index in [-0.39, 0.29) is 22.7 Å². The molecule has 158 valence electrons. The van der Waals surface area contributed by atoms with Gasteiger partial charge in [0.2, 0.25) is 5.82 Å². The van der Waals surface area contributed by atoms with E-state index in [1.54, 1.807) is 24.3 Å². The largest absolute Gasteiger partial charge is 0.497 e. The molecule has 3 aromatic rings. The Bertz CT molecular complexity index is 1160. The van der Waals surface area contributed by atoms with Gasteiger partial charge in [0.05, 0.1) is 22.6 Å². The van der Waals surface area contributed by atoms with Crippen LogP contribution in [0.15, 0.2) is 57.4 Å². The highest BCUT2D eigenvalue weighted by molar-refractivity contribution is 7.92. The first-order chi connectivity index (χ1) is 14.1. The number of benzene rings is 2. The predicted octanol–water partition coefficient (Wildman–Crippen LogP) is 4.20. The van der Waals surface area contributed by atoms with Gasteiger partial charge in [0.25, 0.3) is 5.91 Å². The molecular weight excluding hydrogens is 423 g/mol. The van der Waals surface area contributed by atoms with Gasteiger partial charge in [-0.15, -0.1) is 0 Å². The molecule has 0 saturated carbocycles. The SMILES string of the molecule is COc1ccc(CS(C)(=O)=NC(=O)c2ccc(-c3noc(C(F)(F)F)n3)cc2)cc1. The summed E-state index contributed by atoms with van der Waals surface area (Å²) < 4.78 is 63.4. The molecule has 0 aliphatic carbocycles. The van der Waals surface area contributed by atoms with Gasteiger partial charge in [0.15, 0.2) is 0 Å². The van der Waals surface area contributed by atoms with Crippen LogP contribution in [0.4, 0.5) is 13.2 Å². The van der Waals surface area contributed by atoms with Crippen LogP contribution in [0.1, 0.15) is 21.8 Å². The summed E-state index contributed by atoms with van der Waals surface area (Å²) in [6.07, 6.45) is -3.37. The molecule has 0 N–H and O–H groups in total. The maximum absolute atomic E-state index is 12.7. The average Bonchev–Trinajstić information content (AvgIpc) is 3.19. The minimum Gasteiger partial charge on any atom is -0.497 e. The third-order valence-corrected chi connectivity index (χ3v) is 5.35. The van der Waals surface area contributed by atoms with E-state index in [2.05, 4.69) is 19.0 Å². The van der Waals surface area contributed by atoms with Gasteiger partial charge in [-0.05, 0) is 29.8 Å². The number of ether oxygens (including phenoxy) is 1. The molecule has 0 aliphatic rings. The highest BCUT2D eigenvalue weighted by Gasteiger charge is 2.38. The third kappa shape index (κ3) is 5.23. The van der Waals surface area contributed by atoms with E-state index in [0.717, 1.165) is 5.56 Å². The Morgan fingerprint density at radius 1 is 1.13 bits per heavy atom. The first-order valence-electron chi connectivity index (χ1n) is 8.46. The number of nitrogens with zero attached hydrogens (tertiary/aromatic N) is 3. The van der Waals surface area contributed by atoms with Crippen molar-refractivity contribution in [2.45, 2.75) is 11.9 Å². The van der Waals surface area contributed by atoms with Crippen molar-refractivity contribution in [1.29, 1.82) is 0 Å². The lowest BCUT2D eigenvalue weighted by atomic mass is 10.1. The van der Waals surface area contributed by atoms with Crippen molar-refractivity contribution in [3.63, 3.8) is 0 Å². The average molecular weight is 439 g/mol. The summed E-state index contributed by atoms with van der Waals surface area (Å²) >= 11 is 0. The van der Waals surface area contributed by atoms with Crippen LogP contribution in [0.3, 0.4) is 0 Å². The highest BCUT2D eigenvalue weighted by Crippen LogP contribution is 2.29. The second-order valence-corrected chi connectivity index (χ2v) is 8.74. The number of alkyl halides is 3. The van der Waals surface area contributed by atoms with Crippen LogP contribution in [0.2, 0.25) is 0 Å². The summed E-state index contributed by atoms with van der Waals surface area (Å²) in [6, 6.07) is 12.3. The molecule has 1 unspecified atom stereocenters. The first kappa shape index (κ1) is 21.5. The number of rotatable bonds is 5. The summed E-state index contributed by atoms with van der Waals surface area (Å²) in [5, 5.41) is 3.28. The summed E-state index contributed by atoms with van der Waals surface area (Å²) in [5.41, 5.74) is 1.08. The van der Waals surface area contributed by atoms with Gasteiger partial charge < -0.3 is 9.26 Å². The van der Waals surface area contributed by atoms with E-state index in [1.807, 2.05) is 0 Å². The van der Waals surface area contributed by atoms with Gasteiger partial charge in [-0.3, -0.25) is 4.79 Å². The maximum Gasteiger partial charge on any atom is 0.471 e. The molecule has 30 heavy (non-hydrogen) atoms. The number of hydrogen-bond acceptors (Lipinski definition) is 6. The fourth-order valence-electron chi connectivity index (χ4n) is 2.51. The van der Waals surface area contributed by atoms with Crippen molar-refractivity contribution >= 4 is 15.6 Å². The van der Waals surface area contributed by atoms with Crippen LogP contribution in [0, 0.1) is 0 Å². The molecule has 3 rings (SSSR count). The number of aromatic nitrogens is 2. The second kappa shape index (κ2) is 8.27. The lowest BCUT2D eigenvalue weighted by molar-refractivity contribution is -0.159. The molecule has 0 radical (unpaired) electrons. The van der Waals surface area contributed by atoms with Crippen molar-refractivity contribution in [3.8, 4) is 17.1 Å². The van der Waals surface area contributed by atoms with Crippen molar-refractivity contribution in [2.24, 2.45) is 4.36 Å². The number of carbonyl (C=O) groups excluding carboxylic acids is 1. The normalized spacial score (nSPS) is 13.5. The number of hydrogen-bond donors (Lipinski definition) is 0. The summed E-state index contributed by atoms with van der Waals surface area (Å²) in [7, 11) is -1.32. The van der Waals surface area contributed by atoms with E-state index >= 15 is 0 Å². The third-order valence-electron chi connectivity index (χ3n) is 3.93. The lowest BCUT2D eigenvalue weighted by Gasteiger charge is -2.06. The Kier molecular flexibility index (Phi) is 5.92. The molecule has 0 fully saturated rings. The van der Waals surface area contributed by atoms with Crippen LogP contribution in [0.25, 0.3) is 11.4 Å². The van der Waals surface area contributed by atoms with Gasteiger partial charge in [-0.2, -0.15) is 22.5 Å². The molecule has 11 heteroatoms. The lowest BCUT2D eigenvalue weighted by Crippen LogP contribution is -2.06. The zero-order chi connectivity index (χ0) is 21.9. The molecule has 0 saturated heterocycles. The van der Waals surface area contributed by atoms with E-state index in [0.29, 0.717) is 5.75 Å². The summed E-state index contributed by atoms with van der Waals surface area (Å²) in [5.74, 6) is -1.71. The van der Waals surface area contributed by atoms with Crippen LogP contribution in [-0.2, 0) is 21.7 Å². The molecule has 0 aliphatic heterocycles. The quantitative estimate of drug-likeness (QED) is 0.591. The Hall–Kier alpha value is -3.21. The van der Waals surface area contributed by atoms with Crippen molar-refractivity contribution in [1.82, 2.24) is 10.1 Å². The number of carbonyl (C=O) groups is 1. The first-order valence-corrected chi connectivity index (χ1v) is 10.5. The molecule has 0 spiro atoms. The number of amides is 1. The van der Waals surface area contributed by atoms with Crippen molar-refractivity contribution in [2.75, 3.05) is 13.4 Å². The zero-order valence-corrected chi connectivity index (χ0v) is 16.7. The standard InChI is InChI=1S/C19H16F3N3O4S/c1-28-15-9-3-12(4-10-15)11-30(2,27)25-17(26)14-7-5-13(6-8-14)16-23-18(29-24-16)19(20,21)22/h3-10H,11H2,1-2H3. The fourth-order valence-corrected chi connectivity index (χ4v) is 3.84. The maximum atomic E-state index is 12.7. The van der Waals surface area contributed by atoms with Gasteiger partial charge in [0, 0.05) is 17.4 Å². The fraction of sp³-hybridized carbons (Fsp3) is 0.211.